The number of benzene rings is 23. The number of aromatic nitrogens is 3. The highest BCUT2D eigenvalue weighted by Gasteiger charge is 2.22. The summed E-state index contributed by atoms with van der Waals surface area (Å²) in [6.07, 6.45) is 0. The Morgan fingerprint density at radius 2 is 0.268 bits per heavy atom. The number of hydrogen-bond acceptors (Lipinski definition) is 3. The molecule has 26 rings (SSSR count). The Kier molecular flexibility index (Phi) is 23.4. The molecule has 0 N–H and O–H groups in total. The summed E-state index contributed by atoms with van der Waals surface area (Å²) in [6.45, 7) is 0. The molecule has 26 aromatic rings. The van der Waals surface area contributed by atoms with E-state index in [-0.39, 0.29) is 0 Å². The average molecular weight is 1810 g/mol. The largest absolute Gasteiger partial charge is 0.311 e. The maximum Gasteiger partial charge on any atom is 0.0541 e. The van der Waals surface area contributed by atoms with Crippen LogP contribution in [-0.2, 0) is 0 Å². The van der Waals surface area contributed by atoms with Gasteiger partial charge in [0.15, 0.2) is 0 Å². The molecule has 6 nitrogen and oxygen atoms in total. The van der Waals surface area contributed by atoms with E-state index in [1.807, 2.05) is 0 Å². The van der Waals surface area contributed by atoms with Gasteiger partial charge in [-0.25, -0.2) is 0 Å². The van der Waals surface area contributed by atoms with Crippen LogP contribution >= 0.6 is 0 Å². The summed E-state index contributed by atoms with van der Waals surface area (Å²) in [4.78, 5) is 7.01. The van der Waals surface area contributed by atoms with Crippen molar-refractivity contribution in [1.82, 2.24) is 13.7 Å². The molecular formula is C136H96N6. The molecule has 0 radical (unpaired) electrons. The van der Waals surface area contributed by atoms with Crippen LogP contribution in [0.15, 0.2) is 582 Å². The number of para-hydroxylation sites is 7. The molecule has 0 atom stereocenters. The highest BCUT2D eigenvalue weighted by Crippen LogP contribution is 2.46. The van der Waals surface area contributed by atoms with Crippen LogP contribution in [0, 0.1) is 0 Å². The molecule has 3 heterocycles. The lowest BCUT2D eigenvalue weighted by molar-refractivity contribution is 1.18. The molecule has 0 aliphatic rings. The van der Waals surface area contributed by atoms with Crippen LogP contribution in [0.4, 0.5) is 51.2 Å². The number of fused-ring (bicyclic) bond motifs is 10. The summed E-state index contributed by atoms with van der Waals surface area (Å²) < 4.78 is 7.09. The van der Waals surface area contributed by atoms with Crippen molar-refractivity contribution in [2.24, 2.45) is 0 Å². The number of rotatable bonds is 19. The second-order valence-corrected chi connectivity index (χ2v) is 35.9. The van der Waals surface area contributed by atoms with E-state index >= 15 is 0 Å². The summed E-state index contributed by atoms with van der Waals surface area (Å²) in [5.41, 5.74) is 37.7. The van der Waals surface area contributed by atoms with Gasteiger partial charge in [0.25, 0.3) is 0 Å². The molecule has 0 saturated carbocycles. The van der Waals surface area contributed by atoms with Crippen molar-refractivity contribution in [3.8, 4) is 95.0 Å². The zero-order chi connectivity index (χ0) is 94.4. The molecule has 6 heteroatoms. The standard InChI is InChI=1S/C48H34N2.C46H32N2.C42H30N2/c1-3-11-35(12-4-1)37-19-27-41(28-20-37)49(42-29-21-38(22-30-42)36-13-5-2-6-14-36)43-31-23-39(24-32-43)40-25-33-44(34-26-40)50-47-17-9-7-15-45(47)46-16-8-10-18-48(46)50;1-2-11-33(12-3-1)34-21-27-38(28-22-34)47(44-20-10-14-37-13-4-5-15-41(37)44)39-29-23-35(24-30-39)36-25-31-40(32-26-36)48-45-18-8-6-16-42(45)43-17-7-9-19-46(43)48;1-3-11-31(12-4-1)32-19-25-36(26-20-32)43(35-13-5-2-6-14-35)37-27-21-33(22-28-37)34-23-29-38(30-24-34)44-41-17-9-7-15-39(41)40-16-8-10-18-42(40)44/h1-34H;1-32H;1-30H. The smallest absolute Gasteiger partial charge is 0.0541 e. The fourth-order valence-electron chi connectivity index (χ4n) is 20.5. The summed E-state index contributed by atoms with van der Waals surface area (Å²) in [5.74, 6) is 0. The van der Waals surface area contributed by atoms with Gasteiger partial charge in [0.05, 0.1) is 38.8 Å². The van der Waals surface area contributed by atoms with E-state index in [0.717, 1.165) is 68.2 Å². The molecule has 0 unspecified atom stereocenters. The lowest BCUT2D eigenvalue weighted by Crippen LogP contribution is -2.10. The van der Waals surface area contributed by atoms with E-state index in [1.165, 1.54) is 154 Å². The van der Waals surface area contributed by atoms with Crippen LogP contribution in [0.1, 0.15) is 0 Å². The van der Waals surface area contributed by atoms with Gasteiger partial charge in [0.2, 0.25) is 0 Å². The summed E-state index contributed by atoms with van der Waals surface area (Å²) in [5, 5.41) is 10.1. The molecule has 142 heavy (non-hydrogen) atoms. The Balaban J connectivity index is 0.000000115. The first-order valence-electron chi connectivity index (χ1n) is 48.6. The third-order valence-corrected chi connectivity index (χ3v) is 27.4. The van der Waals surface area contributed by atoms with Crippen LogP contribution in [0.25, 0.3) is 171 Å². The fourth-order valence-corrected chi connectivity index (χ4v) is 20.5. The Bertz CT molecular complexity index is 8650. The number of nitrogens with zero attached hydrogens (tertiary/aromatic N) is 6. The van der Waals surface area contributed by atoms with Gasteiger partial charge in [-0.05, 0) is 259 Å². The summed E-state index contributed by atoms with van der Waals surface area (Å²) in [6, 6.07) is 209. The van der Waals surface area contributed by atoms with Crippen LogP contribution in [0.3, 0.4) is 0 Å². The van der Waals surface area contributed by atoms with Gasteiger partial charge in [0.1, 0.15) is 0 Å². The summed E-state index contributed by atoms with van der Waals surface area (Å²) >= 11 is 0. The van der Waals surface area contributed by atoms with Gasteiger partial charge in [-0.3, -0.25) is 0 Å². The van der Waals surface area contributed by atoms with Crippen molar-refractivity contribution in [3.05, 3.63) is 582 Å². The zero-order valence-electron chi connectivity index (χ0n) is 78.1. The molecule has 0 amide bonds. The monoisotopic (exact) mass is 1810 g/mol. The van der Waals surface area contributed by atoms with Gasteiger partial charge < -0.3 is 28.4 Å². The molecule has 0 spiro atoms. The third-order valence-electron chi connectivity index (χ3n) is 27.4. The van der Waals surface area contributed by atoms with Crippen molar-refractivity contribution in [2.75, 3.05) is 14.7 Å². The van der Waals surface area contributed by atoms with Crippen molar-refractivity contribution in [3.63, 3.8) is 0 Å². The Labute approximate surface area is 827 Å². The highest BCUT2D eigenvalue weighted by atomic mass is 15.2. The van der Waals surface area contributed by atoms with Crippen molar-refractivity contribution in [2.45, 2.75) is 0 Å². The highest BCUT2D eigenvalue weighted by molar-refractivity contribution is 6.12. The molecule has 23 aromatic carbocycles. The molecule has 0 bridgehead atoms. The predicted molar refractivity (Wildman–Crippen MR) is 602 cm³/mol. The van der Waals surface area contributed by atoms with Gasteiger partial charge in [-0.1, -0.05) is 406 Å². The van der Waals surface area contributed by atoms with E-state index in [4.69, 9.17) is 0 Å². The van der Waals surface area contributed by atoms with E-state index in [0.29, 0.717) is 0 Å². The lowest BCUT2D eigenvalue weighted by Gasteiger charge is -2.27. The first kappa shape index (κ1) is 86.0. The van der Waals surface area contributed by atoms with Crippen LogP contribution in [-0.4, -0.2) is 13.7 Å². The minimum atomic E-state index is 1.11. The lowest BCUT2D eigenvalue weighted by atomic mass is 10.0. The van der Waals surface area contributed by atoms with Gasteiger partial charge in [0, 0.05) is 100 Å². The van der Waals surface area contributed by atoms with Crippen molar-refractivity contribution in [1.29, 1.82) is 0 Å². The molecule has 0 saturated heterocycles. The fraction of sp³-hybridized carbons (Fsp3) is 0. The molecule has 0 fully saturated rings. The maximum absolute atomic E-state index is 2.37. The minimum Gasteiger partial charge on any atom is -0.311 e. The van der Waals surface area contributed by atoms with E-state index in [1.54, 1.807) is 0 Å². The molecule has 670 valence electrons. The summed E-state index contributed by atoms with van der Waals surface area (Å²) in [7, 11) is 0. The van der Waals surface area contributed by atoms with E-state index < -0.39 is 0 Å². The van der Waals surface area contributed by atoms with Crippen LogP contribution in [0.2, 0.25) is 0 Å². The second-order valence-electron chi connectivity index (χ2n) is 35.9. The Morgan fingerprint density at radius 3 is 0.500 bits per heavy atom. The first-order chi connectivity index (χ1) is 70.4. The van der Waals surface area contributed by atoms with Gasteiger partial charge in [-0.15, -0.1) is 0 Å². The maximum atomic E-state index is 2.37. The Hall–Kier alpha value is -18.9. The SMILES string of the molecule is c1ccc(-c2ccc(N(c3ccc(-c4ccc(-n5c6ccccc6c6ccccc65)cc4)cc3)c3cccc4ccccc34)cc2)cc1.c1ccc(-c2ccc(N(c3ccc(-c4ccccc4)cc3)c3ccc(-c4ccc(-n5c6ccccc6c6ccccc65)cc4)cc3)cc2)cc1.c1ccc(-c2ccc(N(c3ccccc3)c3ccc(-c4ccc(-n5c6ccccc6c6ccccc65)cc4)cc3)cc2)cc1. The third kappa shape index (κ3) is 17.1. The zero-order valence-corrected chi connectivity index (χ0v) is 78.1. The normalized spacial score (nSPS) is 11.2. The van der Waals surface area contributed by atoms with Crippen LogP contribution in [0.5, 0.6) is 0 Å². The molecular weight excluding hydrogens is 1720 g/mol. The van der Waals surface area contributed by atoms with Gasteiger partial charge in [-0.2, -0.15) is 0 Å². The minimum absolute atomic E-state index is 1.11. The topological polar surface area (TPSA) is 24.5 Å². The van der Waals surface area contributed by atoms with Crippen LogP contribution < -0.4 is 14.7 Å². The first-order valence-corrected chi connectivity index (χ1v) is 48.6. The molecule has 0 aliphatic carbocycles. The quantitative estimate of drug-likeness (QED) is 0.0806. The van der Waals surface area contributed by atoms with Crippen molar-refractivity contribution >= 4 is 127 Å². The van der Waals surface area contributed by atoms with Gasteiger partial charge >= 0.3 is 0 Å². The van der Waals surface area contributed by atoms with Crippen molar-refractivity contribution < 1.29 is 0 Å². The molecule has 3 aromatic heterocycles. The predicted octanol–water partition coefficient (Wildman–Crippen LogP) is 37.6. The number of hydrogen-bond donors (Lipinski definition) is 0. The average Bonchev–Trinajstić information content (AvgIpc) is 1.60. The van der Waals surface area contributed by atoms with E-state index in [9.17, 15) is 0 Å². The molecule has 0 aliphatic heterocycles. The Morgan fingerprint density at radius 1 is 0.106 bits per heavy atom. The van der Waals surface area contributed by atoms with E-state index in [2.05, 4.69) is 611 Å². The number of anilines is 9. The second kappa shape index (κ2) is 38.7.